The van der Waals surface area contributed by atoms with Crippen molar-refractivity contribution in [3.05, 3.63) is 77.6 Å². The Morgan fingerprint density at radius 3 is 2.36 bits per heavy atom. The van der Waals surface area contributed by atoms with E-state index in [0.717, 1.165) is 16.7 Å². The molecule has 0 radical (unpaired) electrons. The fraction of sp³-hybridized carbons (Fsp3) is 0. The molecule has 106 valence electrons. The van der Waals surface area contributed by atoms with Gasteiger partial charge in [-0.15, -0.1) is 0 Å². The van der Waals surface area contributed by atoms with Gasteiger partial charge in [0.05, 0.1) is 0 Å². The van der Waals surface area contributed by atoms with Crippen LogP contribution in [0.4, 0.5) is 10.1 Å². The minimum absolute atomic E-state index is 0.198. The molecule has 2 nitrogen and oxygen atoms in total. The van der Waals surface area contributed by atoms with E-state index in [9.17, 15) is 9.18 Å². The number of hydrogen-bond donors (Lipinski definition) is 1. The van der Waals surface area contributed by atoms with Gasteiger partial charge >= 0.3 is 0 Å². The van der Waals surface area contributed by atoms with Crippen molar-refractivity contribution >= 4 is 23.2 Å². The number of anilines is 1. The zero-order valence-electron chi connectivity index (χ0n) is 11.6. The summed E-state index contributed by atoms with van der Waals surface area (Å²) in [6, 6.07) is 18.4. The van der Waals surface area contributed by atoms with Crippen molar-refractivity contribution in [1.82, 2.24) is 0 Å². The maximum absolute atomic E-state index is 13.4. The average molecular weight is 289 g/mol. The van der Waals surface area contributed by atoms with Crippen LogP contribution in [0.25, 0.3) is 22.8 Å². The zero-order chi connectivity index (χ0) is 15.1. The molecular formula is C19H12FNO. The van der Waals surface area contributed by atoms with Gasteiger partial charge in [-0.3, -0.25) is 4.79 Å². The summed E-state index contributed by atoms with van der Waals surface area (Å²) >= 11 is 0. The molecule has 3 heteroatoms. The van der Waals surface area contributed by atoms with E-state index in [4.69, 9.17) is 0 Å². The molecule has 4 rings (SSSR count). The highest BCUT2D eigenvalue weighted by Crippen LogP contribution is 2.35. The van der Waals surface area contributed by atoms with Crippen molar-refractivity contribution in [2.45, 2.75) is 0 Å². The Kier molecular flexibility index (Phi) is 2.79. The highest BCUT2D eigenvalue weighted by Gasteiger charge is 2.24. The second-order valence-electron chi connectivity index (χ2n) is 5.31. The molecule has 1 amide bonds. The molecule has 1 N–H and O–H groups in total. The lowest BCUT2D eigenvalue weighted by molar-refractivity contribution is -0.110. The SMILES string of the molecule is O=C1Nc2ccc(F)cc2C1=Cc1cc2cccccc-2c1. The molecule has 1 heterocycles. The lowest BCUT2D eigenvalue weighted by atomic mass is 10.1. The normalized spacial score (nSPS) is 15.1. The van der Waals surface area contributed by atoms with E-state index in [-0.39, 0.29) is 11.7 Å². The summed E-state index contributed by atoms with van der Waals surface area (Å²) in [6.45, 7) is 0. The van der Waals surface area contributed by atoms with Gasteiger partial charge < -0.3 is 5.32 Å². The van der Waals surface area contributed by atoms with Crippen LogP contribution in [0.15, 0.2) is 60.7 Å². The third-order valence-corrected chi connectivity index (χ3v) is 3.83. The Morgan fingerprint density at radius 1 is 0.909 bits per heavy atom. The predicted octanol–water partition coefficient (Wildman–Crippen LogP) is 4.42. The topological polar surface area (TPSA) is 29.1 Å². The smallest absolute Gasteiger partial charge is 0.256 e. The molecule has 0 fully saturated rings. The van der Waals surface area contributed by atoms with Gasteiger partial charge in [0.25, 0.3) is 5.91 Å². The Hall–Kier alpha value is -2.94. The summed E-state index contributed by atoms with van der Waals surface area (Å²) in [5.41, 5.74) is 4.91. The van der Waals surface area contributed by atoms with Gasteiger partial charge in [0.15, 0.2) is 0 Å². The highest BCUT2D eigenvalue weighted by molar-refractivity contribution is 6.35. The number of rotatable bonds is 1. The van der Waals surface area contributed by atoms with Gasteiger partial charge in [-0.05, 0) is 53.1 Å². The third kappa shape index (κ3) is 2.07. The van der Waals surface area contributed by atoms with E-state index < -0.39 is 0 Å². The number of carbonyl (C=O) groups excluding carboxylic acids is 1. The van der Waals surface area contributed by atoms with E-state index in [1.54, 1.807) is 12.1 Å². The highest BCUT2D eigenvalue weighted by atomic mass is 19.1. The first kappa shape index (κ1) is 12.8. The maximum atomic E-state index is 13.4. The average Bonchev–Trinajstić information content (AvgIpc) is 2.93. The molecule has 0 atom stereocenters. The molecule has 2 aliphatic carbocycles. The molecule has 3 aliphatic rings. The minimum Gasteiger partial charge on any atom is -0.321 e. The predicted molar refractivity (Wildman–Crippen MR) is 86.0 cm³/mol. The molecule has 1 aromatic rings. The van der Waals surface area contributed by atoms with Crippen LogP contribution in [-0.4, -0.2) is 5.91 Å². The van der Waals surface area contributed by atoms with Gasteiger partial charge in [-0.1, -0.05) is 30.3 Å². The summed E-state index contributed by atoms with van der Waals surface area (Å²) in [4.78, 5) is 12.1. The molecule has 0 spiro atoms. The van der Waals surface area contributed by atoms with E-state index in [1.807, 2.05) is 42.5 Å². The van der Waals surface area contributed by atoms with Crippen LogP contribution in [-0.2, 0) is 4.79 Å². The van der Waals surface area contributed by atoms with Crippen LogP contribution in [0, 0.1) is 5.82 Å². The lowest BCUT2D eigenvalue weighted by Gasteiger charge is -1.97. The second-order valence-corrected chi connectivity index (χ2v) is 5.31. The van der Waals surface area contributed by atoms with E-state index >= 15 is 0 Å². The van der Waals surface area contributed by atoms with Crippen molar-refractivity contribution in [2.24, 2.45) is 0 Å². The van der Waals surface area contributed by atoms with Crippen LogP contribution >= 0.6 is 0 Å². The van der Waals surface area contributed by atoms with Crippen LogP contribution < -0.4 is 5.32 Å². The molecule has 0 aromatic heterocycles. The first-order valence-corrected chi connectivity index (χ1v) is 7.02. The standard InChI is InChI=1S/C19H12FNO/c20-15-6-7-18-16(11-15)17(19(22)21-18)10-12-8-13-4-2-1-3-5-14(13)9-12/h1-11H,(H,21,22). The van der Waals surface area contributed by atoms with Crippen molar-refractivity contribution in [3.8, 4) is 11.1 Å². The third-order valence-electron chi connectivity index (χ3n) is 3.83. The summed E-state index contributed by atoms with van der Waals surface area (Å²) < 4.78 is 13.4. The fourth-order valence-electron chi connectivity index (χ4n) is 2.79. The van der Waals surface area contributed by atoms with Gasteiger partial charge in [-0.25, -0.2) is 4.39 Å². The fourth-order valence-corrected chi connectivity index (χ4v) is 2.79. The molecule has 0 unspecified atom stereocenters. The van der Waals surface area contributed by atoms with Crippen molar-refractivity contribution in [1.29, 1.82) is 0 Å². The van der Waals surface area contributed by atoms with Crippen molar-refractivity contribution in [2.75, 3.05) is 5.32 Å². The minimum atomic E-state index is -0.346. The first-order valence-electron chi connectivity index (χ1n) is 7.02. The van der Waals surface area contributed by atoms with Crippen LogP contribution in [0.2, 0.25) is 0 Å². The van der Waals surface area contributed by atoms with Gasteiger partial charge in [0.1, 0.15) is 5.82 Å². The molecule has 0 saturated heterocycles. The van der Waals surface area contributed by atoms with Crippen LogP contribution in [0.3, 0.4) is 0 Å². The summed E-state index contributed by atoms with van der Waals surface area (Å²) in [5, 5.41) is 2.76. The monoisotopic (exact) mass is 289 g/mol. The number of halogens is 1. The van der Waals surface area contributed by atoms with E-state index in [2.05, 4.69) is 5.32 Å². The number of benzene rings is 1. The Balaban J connectivity index is 1.84. The molecule has 0 saturated carbocycles. The summed E-state index contributed by atoms with van der Waals surface area (Å²) in [6.07, 6.45) is 1.81. The Labute approximate surface area is 127 Å². The van der Waals surface area contributed by atoms with Gasteiger partial charge in [0, 0.05) is 16.8 Å². The molecule has 1 aromatic carbocycles. The quantitative estimate of drug-likeness (QED) is 0.660. The Bertz CT molecular complexity index is 867. The lowest BCUT2D eigenvalue weighted by Crippen LogP contribution is -2.03. The summed E-state index contributed by atoms with van der Waals surface area (Å²) in [7, 11) is 0. The molecule has 22 heavy (non-hydrogen) atoms. The summed E-state index contributed by atoms with van der Waals surface area (Å²) in [5.74, 6) is -0.544. The van der Waals surface area contributed by atoms with Crippen LogP contribution in [0.1, 0.15) is 11.1 Å². The maximum Gasteiger partial charge on any atom is 0.256 e. The van der Waals surface area contributed by atoms with Gasteiger partial charge in [0.2, 0.25) is 0 Å². The van der Waals surface area contributed by atoms with E-state index in [0.29, 0.717) is 16.8 Å². The van der Waals surface area contributed by atoms with Crippen molar-refractivity contribution < 1.29 is 9.18 Å². The zero-order valence-corrected chi connectivity index (χ0v) is 11.6. The van der Waals surface area contributed by atoms with E-state index in [1.165, 1.54) is 12.1 Å². The second kappa shape index (κ2) is 4.81. The molecule has 0 bridgehead atoms. The number of amides is 1. The number of carbonyl (C=O) groups is 1. The number of fused-ring (bicyclic) bond motifs is 2. The first-order chi connectivity index (χ1) is 10.7. The molecular weight excluding hydrogens is 277 g/mol. The largest absolute Gasteiger partial charge is 0.321 e. The Morgan fingerprint density at radius 2 is 1.64 bits per heavy atom. The number of nitrogens with one attached hydrogen (secondary N) is 1. The molecule has 1 aliphatic heterocycles. The van der Waals surface area contributed by atoms with Crippen LogP contribution in [0.5, 0.6) is 0 Å². The number of hydrogen-bond acceptors (Lipinski definition) is 1. The van der Waals surface area contributed by atoms with Crippen molar-refractivity contribution in [3.63, 3.8) is 0 Å². The van der Waals surface area contributed by atoms with Gasteiger partial charge in [-0.2, -0.15) is 0 Å².